The molecule has 0 saturated heterocycles. The molecule has 3 rings (SSSR count). The van der Waals surface area contributed by atoms with Crippen LogP contribution in [0.1, 0.15) is 37.3 Å². The van der Waals surface area contributed by atoms with Crippen molar-refractivity contribution in [3.05, 3.63) is 23.3 Å². The number of nitrogens with zero attached hydrogens (tertiary/aromatic N) is 3. The van der Waals surface area contributed by atoms with Crippen molar-refractivity contribution in [3.8, 4) is 10.8 Å². The number of hydrogen-bond donors (Lipinski definition) is 2. The Morgan fingerprint density at radius 3 is 2.78 bits per heavy atom. The highest BCUT2D eigenvalue weighted by atomic mass is 32.1. The Morgan fingerprint density at radius 2 is 2.11 bits per heavy atom. The molecular formula is C12H15N5S. The van der Waals surface area contributed by atoms with Crippen LogP contribution in [0.5, 0.6) is 0 Å². The fourth-order valence-electron chi connectivity index (χ4n) is 2.40. The number of hydrogen-bond acceptors (Lipinski definition) is 6. The molecule has 2 aromatic heterocycles. The van der Waals surface area contributed by atoms with Crippen LogP contribution < -0.4 is 11.3 Å². The maximum Gasteiger partial charge on any atom is 0.190 e. The van der Waals surface area contributed by atoms with Gasteiger partial charge in [0.2, 0.25) is 0 Å². The van der Waals surface area contributed by atoms with E-state index in [1.165, 1.54) is 25.7 Å². The van der Waals surface area contributed by atoms with Crippen LogP contribution >= 0.6 is 11.3 Å². The van der Waals surface area contributed by atoms with Crippen LogP contribution in [-0.2, 0) is 0 Å². The van der Waals surface area contributed by atoms with Gasteiger partial charge in [0.05, 0.1) is 0 Å². The van der Waals surface area contributed by atoms with E-state index in [0.29, 0.717) is 17.6 Å². The number of rotatable bonds is 3. The summed E-state index contributed by atoms with van der Waals surface area (Å²) in [5.74, 6) is 7.36. The van der Waals surface area contributed by atoms with Gasteiger partial charge in [0.25, 0.3) is 0 Å². The first-order chi connectivity index (χ1) is 8.86. The van der Waals surface area contributed by atoms with Crippen molar-refractivity contribution in [2.24, 2.45) is 5.84 Å². The van der Waals surface area contributed by atoms with Crippen LogP contribution in [0, 0.1) is 0 Å². The third kappa shape index (κ3) is 2.21. The number of nitrogens with one attached hydrogen (secondary N) is 1. The second kappa shape index (κ2) is 4.99. The van der Waals surface area contributed by atoms with Gasteiger partial charge in [-0.15, -0.1) is 11.3 Å². The van der Waals surface area contributed by atoms with Crippen LogP contribution in [0.2, 0.25) is 0 Å². The molecule has 18 heavy (non-hydrogen) atoms. The van der Waals surface area contributed by atoms with Crippen molar-refractivity contribution in [1.82, 2.24) is 15.0 Å². The van der Waals surface area contributed by atoms with Gasteiger partial charge < -0.3 is 5.43 Å². The van der Waals surface area contributed by atoms with Gasteiger partial charge in [-0.3, -0.25) is 0 Å². The summed E-state index contributed by atoms with van der Waals surface area (Å²) >= 11 is 1.54. The van der Waals surface area contributed by atoms with Crippen molar-refractivity contribution in [2.75, 3.05) is 5.43 Å². The van der Waals surface area contributed by atoms with E-state index in [-0.39, 0.29) is 0 Å². The predicted molar refractivity (Wildman–Crippen MR) is 72.2 cm³/mol. The molecule has 5 nitrogen and oxygen atoms in total. The second-order valence-corrected chi connectivity index (χ2v) is 5.36. The van der Waals surface area contributed by atoms with Gasteiger partial charge in [-0.1, -0.05) is 12.8 Å². The van der Waals surface area contributed by atoms with Gasteiger partial charge in [0.15, 0.2) is 10.8 Å². The molecule has 0 spiro atoms. The van der Waals surface area contributed by atoms with Crippen molar-refractivity contribution in [2.45, 2.75) is 31.6 Å². The number of nitrogen functional groups attached to an aromatic ring is 1. The minimum Gasteiger partial charge on any atom is -0.308 e. The number of anilines is 1. The van der Waals surface area contributed by atoms with Crippen LogP contribution in [0.25, 0.3) is 10.8 Å². The SMILES string of the molecule is NNc1cc(C2CCCC2)nc(-c2nccs2)n1. The molecular weight excluding hydrogens is 246 g/mol. The molecule has 1 aliphatic rings. The van der Waals surface area contributed by atoms with Gasteiger partial charge in [-0.25, -0.2) is 20.8 Å². The van der Waals surface area contributed by atoms with Gasteiger partial charge in [-0.05, 0) is 12.8 Å². The number of thiazole rings is 1. The highest BCUT2D eigenvalue weighted by molar-refractivity contribution is 7.13. The van der Waals surface area contributed by atoms with Crippen molar-refractivity contribution in [3.63, 3.8) is 0 Å². The van der Waals surface area contributed by atoms with E-state index >= 15 is 0 Å². The van der Waals surface area contributed by atoms with E-state index in [9.17, 15) is 0 Å². The van der Waals surface area contributed by atoms with E-state index in [4.69, 9.17) is 5.84 Å². The second-order valence-electron chi connectivity index (χ2n) is 4.46. The highest BCUT2D eigenvalue weighted by Gasteiger charge is 2.20. The summed E-state index contributed by atoms with van der Waals surface area (Å²) in [6, 6.07) is 1.95. The molecule has 3 N–H and O–H groups in total. The zero-order chi connectivity index (χ0) is 12.4. The molecule has 1 fully saturated rings. The Hall–Kier alpha value is -1.53. The van der Waals surface area contributed by atoms with E-state index in [1.807, 2.05) is 11.4 Å². The molecule has 0 radical (unpaired) electrons. The van der Waals surface area contributed by atoms with Crippen molar-refractivity contribution >= 4 is 17.2 Å². The first kappa shape index (κ1) is 11.6. The maximum absolute atomic E-state index is 5.48. The van der Waals surface area contributed by atoms with Crippen molar-refractivity contribution in [1.29, 1.82) is 0 Å². The largest absolute Gasteiger partial charge is 0.308 e. The lowest BCUT2D eigenvalue weighted by Gasteiger charge is -2.11. The Balaban J connectivity index is 2.01. The topological polar surface area (TPSA) is 76.7 Å². The molecule has 2 aromatic rings. The minimum atomic E-state index is 0.541. The first-order valence-corrected chi connectivity index (χ1v) is 7.00. The number of aromatic nitrogens is 3. The molecule has 0 unspecified atom stereocenters. The molecule has 0 atom stereocenters. The lowest BCUT2D eigenvalue weighted by Crippen LogP contribution is -2.11. The molecule has 2 heterocycles. The highest BCUT2D eigenvalue weighted by Crippen LogP contribution is 2.34. The molecule has 0 aliphatic heterocycles. The summed E-state index contributed by atoms with van der Waals surface area (Å²) in [6.45, 7) is 0. The summed E-state index contributed by atoms with van der Waals surface area (Å²) in [7, 11) is 0. The Kier molecular flexibility index (Phi) is 3.21. The molecule has 0 aromatic carbocycles. The van der Waals surface area contributed by atoms with Gasteiger partial charge in [-0.2, -0.15) is 0 Å². The predicted octanol–water partition coefficient (Wildman–Crippen LogP) is 2.54. The fraction of sp³-hybridized carbons (Fsp3) is 0.417. The maximum atomic E-state index is 5.48. The summed E-state index contributed by atoms with van der Waals surface area (Å²) in [6.07, 6.45) is 6.75. The Labute approximate surface area is 109 Å². The number of nitrogens with two attached hydrogens (primary N) is 1. The van der Waals surface area contributed by atoms with E-state index in [0.717, 1.165) is 10.7 Å². The Bertz CT molecular complexity index is 519. The summed E-state index contributed by atoms with van der Waals surface area (Å²) in [5.41, 5.74) is 3.70. The Morgan fingerprint density at radius 1 is 1.28 bits per heavy atom. The third-order valence-electron chi connectivity index (χ3n) is 3.29. The first-order valence-electron chi connectivity index (χ1n) is 6.12. The van der Waals surface area contributed by atoms with Crippen LogP contribution in [0.15, 0.2) is 17.6 Å². The van der Waals surface area contributed by atoms with Gasteiger partial charge in [0, 0.05) is 29.3 Å². The zero-order valence-electron chi connectivity index (χ0n) is 9.97. The molecule has 94 valence electrons. The standard InChI is InChI=1S/C12H15N5S/c13-17-10-7-9(8-3-1-2-4-8)15-11(16-10)12-14-5-6-18-12/h5-8H,1-4,13H2,(H,15,16,17). The third-order valence-corrected chi connectivity index (χ3v) is 4.06. The van der Waals surface area contributed by atoms with E-state index in [2.05, 4.69) is 20.4 Å². The van der Waals surface area contributed by atoms with E-state index in [1.54, 1.807) is 17.5 Å². The van der Waals surface area contributed by atoms with E-state index < -0.39 is 0 Å². The van der Waals surface area contributed by atoms with Crippen LogP contribution in [0.3, 0.4) is 0 Å². The molecule has 1 saturated carbocycles. The number of hydrazine groups is 1. The van der Waals surface area contributed by atoms with Crippen LogP contribution in [-0.4, -0.2) is 15.0 Å². The lowest BCUT2D eigenvalue weighted by atomic mass is 10.0. The van der Waals surface area contributed by atoms with Crippen LogP contribution in [0.4, 0.5) is 5.82 Å². The minimum absolute atomic E-state index is 0.541. The molecule has 0 bridgehead atoms. The van der Waals surface area contributed by atoms with Crippen molar-refractivity contribution < 1.29 is 0 Å². The average Bonchev–Trinajstić information content (AvgIpc) is 3.10. The zero-order valence-corrected chi connectivity index (χ0v) is 10.8. The summed E-state index contributed by atoms with van der Waals surface area (Å²) < 4.78 is 0. The molecule has 6 heteroatoms. The fourth-order valence-corrected chi connectivity index (χ4v) is 2.97. The molecule has 0 amide bonds. The summed E-state index contributed by atoms with van der Waals surface area (Å²) in [5, 5.41) is 2.77. The summed E-state index contributed by atoms with van der Waals surface area (Å²) in [4.78, 5) is 13.3. The smallest absolute Gasteiger partial charge is 0.190 e. The van der Waals surface area contributed by atoms with Gasteiger partial charge in [0.1, 0.15) is 5.82 Å². The normalized spacial score (nSPS) is 16.1. The monoisotopic (exact) mass is 261 g/mol. The lowest BCUT2D eigenvalue weighted by molar-refractivity contribution is 0.695. The quantitative estimate of drug-likeness (QED) is 0.656. The molecule has 1 aliphatic carbocycles. The average molecular weight is 261 g/mol. The van der Waals surface area contributed by atoms with Gasteiger partial charge >= 0.3 is 0 Å².